The fourth-order valence-electron chi connectivity index (χ4n) is 2.54. The average molecular weight is 453 g/mol. The Hall–Kier alpha value is -2.33. The molecule has 2 aromatic rings. The Morgan fingerprint density at radius 2 is 1.76 bits per heavy atom. The van der Waals surface area contributed by atoms with Crippen molar-refractivity contribution in [3.8, 4) is 0 Å². The van der Waals surface area contributed by atoms with Crippen LogP contribution in [0.4, 0.5) is 23.2 Å². The van der Waals surface area contributed by atoms with E-state index in [0.29, 0.717) is 15.9 Å². The van der Waals surface area contributed by atoms with Gasteiger partial charge in [-0.05, 0) is 42.8 Å². The highest BCUT2D eigenvalue weighted by molar-refractivity contribution is 7.92. The summed E-state index contributed by atoms with van der Waals surface area (Å²) in [6.07, 6.45) is -4.03. The van der Waals surface area contributed by atoms with Crippen LogP contribution in [0.1, 0.15) is 24.1 Å². The number of sulfonamides is 1. The minimum atomic E-state index is -4.80. The van der Waals surface area contributed by atoms with Crippen molar-refractivity contribution >= 4 is 33.2 Å². The topological polar surface area (TPSA) is 66.5 Å². The summed E-state index contributed by atoms with van der Waals surface area (Å²) in [5.41, 5.74) is -1.00. The smallest absolute Gasteiger partial charge is 0.348 e. The number of hydrogen-bond acceptors (Lipinski definition) is 3. The molecule has 1 N–H and O–H groups in total. The summed E-state index contributed by atoms with van der Waals surface area (Å²) in [7, 11) is -4.08. The van der Waals surface area contributed by atoms with Crippen molar-refractivity contribution < 1.29 is 30.8 Å². The predicted octanol–water partition coefficient (Wildman–Crippen LogP) is 4.14. The summed E-state index contributed by atoms with van der Waals surface area (Å²) in [5.74, 6) is -1.21. The molecular formula is C18H17ClF4N2O3S. The second kappa shape index (κ2) is 8.58. The predicted molar refractivity (Wildman–Crippen MR) is 102 cm³/mol. The molecule has 0 aliphatic carbocycles. The van der Waals surface area contributed by atoms with Crippen LogP contribution in [0.25, 0.3) is 0 Å². The van der Waals surface area contributed by atoms with Gasteiger partial charge in [-0.1, -0.05) is 23.7 Å². The highest BCUT2D eigenvalue weighted by atomic mass is 35.5. The third kappa shape index (κ3) is 6.07. The molecule has 11 heteroatoms. The standard InChI is InChI=1S/C18H17ClF4N2O3S/c1-11(12-3-5-13(20)6-4-12)24-17(26)10-25(29(2,27)28)14-7-8-16(19)15(9-14)18(21,22)23/h3-9,11H,10H2,1-2H3,(H,24,26). The molecule has 158 valence electrons. The third-order valence-corrected chi connectivity index (χ3v) is 5.45. The number of rotatable bonds is 6. The Kier molecular flexibility index (Phi) is 6.79. The molecule has 0 aromatic heterocycles. The number of nitrogens with one attached hydrogen (secondary N) is 1. The highest BCUT2D eigenvalue weighted by Crippen LogP contribution is 2.37. The van der Waals surface area contributed by atoms with Crippen molar-refractivity contribution in [3.63, 3.8) is 0 Å². The first kappa shape index (κ1) is 23.0. The fraction of sp³-hybridized carbons (Fsp3) is 0.278. The van der Waals surface area contributed by atoms with E-state index in [9.17, 15) is 30.8 Å². The van der Waals surface area contributed by atoms with Gasteiger partial charge in [0.2, 0.25) is 15.9 Å². The maximum atomic E-state index is 13.1. The molecule has 0 heterocycles. The van der Waals surface area contributed by atoms with E-state index in [2.05, 4.69) is 5.32 Å². The number of carbonyl (C=O) groups excluding carboxylic acids is 1. The maximum Gasteiger partial charge on any atom is 0.417 e. The second-order valence-corrected chi connectivity index (χ2v) is 8.59. The van der Waals surface area contributed by atoms with Gasteiger partial charge < -0.3 is 5.32 Å². The van der Waals surface area contributed by atoms with Gasteiger partial charge in [-0.15, -0.1) is 0 Å². The first-order chi connectivity index (χ1) is 13.3. The lowest BCUT2D eigenvalue weighted by Gasteiger charge is -2.24. The lowest BCUT2D eigenvalue weighted by molar-refractivity contribution is -0.137. The Balaban J connectivity index is 2.26. The SMILES string of the molecule is CC(NC(=O)CN(c1ccc(Cl)c(C(F)(F)F)c1)S(C)(=O)=O)c1ccc(F)cc1. The monoisotopic (exact) mass is 452 g/mol. The second-order valence-electron chi connectivity index (χ2n) is 6.27. The van der Waals surface area contributed by atoms with E-state index in [-0.39, 0.29) is 5.69 Å². The summed E-state index contributed by atoms with van der Waals surface area (Å²) in [6.45, 7) is 0.850. The van der Waals surface area contributed by atoms with Crippen LogP contribution in [0.5, 0.6) is 0 Å². The van der Waals surface area contributed by atoms with Crippen LogP contribution in [-0.2, 0) is 21.0 Å². The number of benzene rings is 2. The average Bonchev–Trinajstić information content (AvgIpc) is 2.59. The van der Waals surface area contributed by atoms with Crippen LogP contribution >= 0.6 is 11.6 Å². The lowest BCUT2D eigenvalue weighted by atomic mass is 10.1. The van der Waals surface area contributed by atoms with Gasteiger partial charge in [0, 0.05) is 0 Å². The summed E-state index contributed by atoms with van der Waals surface area (Å²) in [5, 5.41) is 1.93. The molecule has 1 amide bonds. The van der Waals surface area contributed by atoms with Gasteiger partial charge in [-0.25, -0.2) is 12.8 Å². The molecule has 2 aromatic carbocycles. The third-order valence-electron chi connectivity index (χ3n) is 3.98. The van der Waals surface area contributed by atoms with E-state index < -0.39 is 51.1 Å². The minimum Gasteiger partial charge on any atom is -0.348 e. The Morgan fingerprint density at radius 1 is 1.17 bits per heavy atom. The Morgan fingerprint density at radius 3 is 2.28 bits per heavy atom. The summed E-state index contributed by atoms with van der Waals surface area (Å²) in [6, 6.07) is 7.28. The molecule has 1 atom stereocenters. The molecule has 0 radical (unpaired) electrons. The Labute approximate surface area is 170 Å². The fourth-order valence-corrected chi connectivity index (χ4v) is 3.61. The zero-order chi connectivity index (χ0) is 22.0. The van der Waals surface area contributed by atoms with E-state index in [1.165, 1.54) is 24.3 Å². The molecule has 0 saturated carbocycles. The van der Waals surface area contributed by atoms with Crippen molar-refractivity contribution in [1.82, 2.24) is 5.32 Å². The van der Waals surface area contributed by atoms with Crippen molar-refractivity contribution in [1.29, 1.82) is 0 Å². The molecular weight excluding hydrogens is 436 g/mol. The van der Waals surface area contributed by atoms with Crippen molar-refractivity contribution in [2.24, 2.45) is 0 Å². The molecule has 0 bridgehead atoms. The molecule has 1 unspecified atom stereocenters. The van der Waals surface area contributed by atoms with Gasteiger partial charge in [0.1, 0.15) is 12.4 Å². The number of alkyl halides is 3. The molecule has 0 fully saturated rings. The van der Waals surface area contributed by atoms with Gasteiger partial charge in [-0.2, -0.15) is 13.2 Å². The summed E-state index contributed by atoms with van der Waals surface area (Å²) in [4.78, 5) is 12.3. The van der Waals surface area contributed by atoms with E-state index >= 15 is 0 Å². The summed E-state index contributed by atoms with van der Waals surface area (Å²) < 4.78 is 77.0. The number of halogens is 5. The molecule has 29 heavy (non-hydrogen) atoms. The van der Waals surface area contributed by atoms with Crippen molar-refractivity contribution in [2.75, 3.05) is 17.1 Å². The normalized spacial score (nSPS) is 13.1. The van der Waals surface area contributed by atoms with Gasteiger partial charge in [0.15, 0.2) is 0 Å². The molecule has 2 rings (SSSR count). The van der Waals surface area contributed by atoms with Crippen molar-refractivity contribution in [2.45, 2.75) is 19.1 Å². The molecule has 0 aliphatic rings. The van der Waals surface area contributed by atoms with Crippen LogP contribution < -0.4 is 9.62 Å². The summed E-state index contributed by atoms with van der Waals surface area (Å²) >= 11 is 5.56. The molecule has 0 aliphatic heterocycles. The number of nitrogens with zero attached hydrogens (tertiary/aromatic N) is 1. The lowest BCUT2D eigenvalue weighted by Crippen LogP contribution is -2.41. The molecule has 0 spiro atoms. The van der Waals surface area contributed by atoms with Gasteiger partial charge in [-0.3, -0.25) is 9.10 Å². The van der Waals surface area contributed by atoms with Crippen LogP contribution in [0.3, 0.4) is 0 Å². The number of carbonyl (C=O) groups is 1. The zero-order valence-corrected chi connectivity index (χ0v) is 16.9. The molecule has 0 saturated heterocycles. The first-order valence-corrected chi connectivity index (χ1v) is 10.4. The number of hydrogen-bond donors (Lipinski definition) is 1. The highest BCUT2D eigenvalue weighted by Gasteiger charge is 2.34. The van der Waals surface area contributed by atoms with Crippen LogP contribution in [0.2, 0.25) is 5.02 Å². The van der Waals surface area contributed by atoms with Crippen LogP contribution in [-0.4, -0.2) is 27.1 Å². The first-order valence-electron chi connectivity index (χ1n) is 8.18. The number of anilines is 1. The quantitative estimate of drug-likeness (QED) is 0.670. The van der Waals surface area contributed by atoms with E-state index in [1.54, 1.807) is 6.92 Å². The van der Waals surface area contributed by atoms with Gasteiger partial charge in [0.05, 0.1) is 28.6 Å². The van der Waals surface area contributed by atoms with Crippen LogP contribution in [0.15, 0.2) is 42.5 Å². The molecule has 5 nitrogen and oxygen atoms in total. The Bertz CT molecular complexity index is 995. The van der Waals surface area contributed by atoms with Gasteiger partial charge >= 0.3 is 6.18 Å². The van der Waals surface area contributed by atoms with E-state index in [4.69, 9.17) is 11.6 Å². The largest absolute Gasteiger partial charge is 0.417 e. The van der Waals surface area contributed by atoms with Crippen LogP contribution in [0, 0.1) is 5.82 Å². The zero-order valence-electron chi connectivity index (χ0n) is 15.3. The number of amides is 1. The van der Waals surface area contributed by atoms with E-state index in [1.807, 2.05) is 0 Å². The minimum absolute atomic E-state index is 0.353. The van der Waals surface area contributed by atoms with E-state index in [0.717, 1.165) is 18.4 Å². The van der Waals surface area contributed by atoms with Crippen molar-refractivity contribution in [3.05, 3.63) is 64.4 Å². The maximum absolute atomic E-state index is 13.1. The van der Waals surface area contributed by atoms with Gasteiger partial charge in [0.25, 0.3) is 0 Å².